The Kier molecular flexibility index (Phi) is 7.13. The lowest BCUT2D eigenvalue weighted by Gasteiger charge is -2.32. The highest BCUT2D eigenvalue weighted by Crippen LogP contribution is 2.39. The Labute approximate surface area is 218 Å². The molecular formula is C30H24N2O2S2. The Balaban J connectivity index is 1.36. The van der Waals surface area contributed by atoms with Gasteiger partial charge in [-0.1, -0.05) is 54.6 Å². The quantitative estimate of drug-likeness (QED) is 0.262. The molecule has 5 rings (SSSR count). The molecule has 0 spiro atoms. The van der Waals surface area contributed by atoms with Gasteiger partial charge in [-0.05, 0) is 60.5 Å². The average Bonchev–Trinajstić information content (AvgIpc) is 3.59. The average molecular weight is 509 g/mol. The Bertz CT molecular complexity index is 1440. The van der Waals surface area contributed by atoms with Gasteiger partial charge in [-0.3, -0.25) is 4.79 Å². The Morgan fingerprint density at radius 1 is 0.917 bits per heavy atom. The summed E-state index contributed by atoms with van der Waals surface area (Å²) in [5.41, 5.74) is 3.48. The third kappa shape index (κ3) is 5.18. The van der Waals surface area contributed by atoms with E-state index >= 15 is 0 Å². The van der Waals surface area contributed by atoms with Gasteiger partial charge in [-0.15, -0.1) is 22.7 Å². The summed E-state index contributed by atoms with van der Waals surface area (Å²) >= 11 is 3.27. The number of rotatable bonds is 8. The molecule has 36 heavy (non-hydrogen) atoms. The van der Waals surface area contributed by atoms with Gasteiger partial charge in [0.05, 0.1) is 12.1 Å². The molecule has 0 aliphatic heterocycles. The van der Waals surface area contributed by atoms with Crippen LogP contribution in [0.2, 0.25) is 0 Å². The zero-order chi connectivity index (χ0) is 24.9. The van der Waals surface area contributed by atoms with Crippen molar-refractivity contribution in [1.82, 2.24) is 0 Å². The predicted molar refractivity (Wildman–Crippen MR) is 149 cm³/mol. The second-order valence-corrected chi connectivity index (χ2v) is 10.8. The number of para-hydroxylation sites is 1. The zero-order valence-electron chi connectivity index (χ0n) is 19.5. The third-order valence-corrected chi connectivity index (χ3v) is 8.56. The van der Waals surface area contributed by atoms with Gasteiger partial charge in [-0.2, -0.15) is 5.26 Å². The molecule has 2 heterocycles. The smallest absolute Gasteiger partial charge is 0.321 e. The Morgan fingerprint density at radius 3 is 2.31 bits per heavy atom. The molecule has 4 aromatic rings. The number of nitrogens with zero attached hydrogens (tertiary/aromatic N) is 2. The minimum Gasteiger partial charge on any atom is -0.480 e. The molecule has 1 aliphatic rings. The number of carbonyl (C=O) groups is 1. The largest absolute Gasteiger partial charge is 0.480 e. The number of hydrogen-bond acceptors (Lipinski definition) is 5. The van der Waals surface area contributed by atoms with Gasteiger partial charge in [0.25, 0.3) is 0 Å². The highest BCUT2D eigenvalue weighted by Gasteiger charge is 2.20. The van der Waals surface area contributed by atoms with E-state index in [1.54, 1.807) is 22.7 Å². The van der Waals surface area contributed by atoms with Gasteiger partial charge in [0, 0.05) is 37.3 Å². The van der Waals surface area contributed by atoms with Crippen LogP contribution < -0.4 is 4.90 Å². The first-order valence-electron chi connectivity index (χ1n) is 11.7. The second kappa shape index (κ2) is 10.8. The topological polar surface area (TPSA) is 64.3 Å². The lowest BCUT2D eigenvalue weighted by atomic mass is 10.0. The number of carboxylic acids is 1. The van der Waals surface area contributed by atoms with E-state index in [2.05, 4.69) is 89.9 Å². The fourth-order valence-corrected chi connectivity index (χ4v) is 6.46. The molecule has 2 aromatic heterocycles. The molecule has 0 fully saturated rings. The molecule has 178 valence electrons. The van der Waals surface area contributed by atoms with E-state index in [9.17, 15) is 4.79 Å². The fraction of sp³-hybridized carbons (Fsp3) is 0.133. The minimum absolute atomic E-state index is 0.236. The van der Waals surface area contributed by atoms with Crippen molar-refractivity contribution >= 4 is 40.0 Å². The fourth-order valence-electron chi connectivity index (χ4n) is 4.30. The maximum atomic E-state index is 11.2. The summed E-state index contributed by atoms with van der Waals surface area (Å²) in [6.45, 7) is 0. The number of benzene rings is 2. The standard InChI is InChI=1S/C30H24N2O2S2/c31-20-22(30(33)34)19-26-15-16-28(35-26)29-18-17-27(36-29)21-11-13-25(14-12-21)32(23-7-3-1-4-8-23)24-9-5-2-6-10-24/h1-9,11-18,22,24H,10,19H2,(H,33,34). The Hall–Kier alpha value is -3.92. The van der Waals surface area contributed by atoms with E-state index in [1.807, 2.05) is 24.3 Å². The lowest BCUT2D eigenvalue weighted by Crippen LogP contribution is -2.29. The molecule has 0 bridgehead atoms. The molecule has 2 unspecified atom stereocenters. The molecule has 0 saturated carbocycles. The summed E-state index contributed by atoms with van der Waals surface area (Å²) in [6.07, 6.45) is 9.87. The summed E-state index contributed by atoms with van der Waals surface area (Å²) in [5.74, 6) is -2.08. The molecule has 1 N–H and O–H groups in total. The van der Waals surface area contributed by atoms with E-state index in [1.165, 1.54) is 10.6 Å². The molecule has 0 saturated heterocycles. The van der Waals surface area contributed by atoms with E-state index in [0.717, 1.165) is 32.3 Å². The van der Waals surface area contributed by atoms with Crippen molar-refractivity contribution in [1.29, 1.82) is 5.26 Å². The maximum Gasteiger partial charge on any atom is 0.321 e. The van der Waals surface area contributed by atoms with Crippen molar-refractivity contribution in [3.63, 3.8) is 0 Å². The van der Waals surface area contributed by atoms with Crippen LogP contribution in [0.5, 0.6) is 0 Å². The number of aliphatic carboxylic acids is 1. The number of anilines is 2. The highest BCUT2D eigenvalue weighted by molar-refractivity contribution is 7.23. The van der Waals surface area contributed by atoms with Crippen LogP contribution in [0.25, 0.3) is 20.2 Å². The van der Waals surface area contributed by atoms with Crippen LogP contribution in [0, 0.1) is 17.2 Å². The SMILES string of the molecule is N#CC(Cc1ccc(-c2ccc(-c3ccc(N(c4ccccc4)C4C=CC=CC4)cc3)s2)s1)C(=O)O. The van der Waals surface area contributed by atoms with Gasteiger partial charge in [0.15, 0.2) is 0 Å². The van der Waals surface area contributed by atoms with Crippen LogP contribution in [-0.4, -0.2) is 17.1 Å². The van der Waals surface area contributed by atoms with Gasteiger partial charge in [0.1, 0.15) is 5.92 Å². The minimum atomic E-state index is -1.07. The monoisotopic (exact) mass is 508 g/mol. The summed E-state index contributed by atoms with van der Waals surface area (Å²) in [7, 11) is 0. The van der Waals surface area contributed by atoms with Crippen molar-refractivity contribution in [3.8, 4) is 26.3 Å². The predicted octanol–water partition coefficient (Wildman–Crippen LogP) is 7.93. The van der Waals surface area contributed by atoms with Crippen LogP contribution in [0.4, 0.5) is 11.4 Å². The number of hydrogen-bond donors (Lipinski definition) is 1. The van der Waals surface area contributed by atoms with E-state index in [-0.39, 0.29) is 12.5 Å². The zero-order valence-corrected chi connectivity index (χ0v) is 21.1. The first kappa shape index (κ1) is 23.8. The lowest BCUT2D eigenvalue weighted by molar-refractivity contribution is -0.139. The molecule has 0 amide bonds. The number of thiophene rings is 2. The maximum absolute atomic E-state index is 11.2. The van der Waals surface area contributed by atoms with Crippen molar-refractivity contribution < 1.29 is 9.90 Å². The van der Waals surface area contributed by atoms with Crippen LogP contribution >= 0.6 is 22.7 Å². The van der Waals surface area contributed by atoms with Gasteiger partial charge >= 0.3 is 5.97 Å². The number of allylic oxidation sites excluding steroid dienone is 2. The number of carboxylic acid groups (broad SMARTS) is 1. The number of nitriles is 1. The van der Waals surface area contributed by atoms with Gasteiger partial charge < -0.3 is 10.0 Å². The molecule has 1 aliphatic carbocycles. The van der Waals surface area contributed by atoms with Crippen molar-refractivity contribution in [2.75, 3.05) is 4.90 Å². The van der Waals surface area contributed by atoms with Gasteiger partial charge in [-0.25, -0.2) is 0 Å². The summed E-state index contributed by atoms with van der Waals surface area (Å²) in [5, 5.41) is 18.2. The summed E-state index contributed by atoms with van der Waals surface area (Å²) in [4.78, 5) is 17.9. The molecule has 4 nitrogen and oxygen atoms in total. The highest BCUT2D eigenvalue weighted by atomic mass is 32.1. The van der Waals surface area contributed by atoms with Crippen LogP contribution in [0.15, 0.2) is 103 Å². The van der Waals surface area contributed by atoms with Crippen LogP contribution in [0.3, 0.4) is 0 Å². The van der Waals surface area contributed by atoms with Crippen LogP contribution in [-0.2, 0) is 11.2 Å². The van der Waals surface area contributed by atoms with Crippen molar-refractivity contribution in [3.05, 3.63) is 108 Å². The van der Waals surface area contributed by atoms with Crippen molar-refractivity contribution in [2.24, 2.45) is 5.92 Å². The third-order valence-electron chi connectivity index (χ3n) is 6.12. The molecular weight excluding hydrogens is 484 g/mol. The van der Waals surface area contributed by atoms with Gasteiger partial charge in [0.2, 0.25) is 0 Å². The van der Waals surface area contributed by atoms with Crippen molar-refractivity contribution in [2.45, 2.75) is 18.9 Å². The first-order valence-corrected chi connectivity index (χ1v) is 13.3. The Morgan fingerprint density at radius 2 is 1.61 bits per heavy atom. The second-order valence-electron chi connectivity index (χ2n) is 8.52. The van der Waals surface area contributed by atoms with E-state index in [4.69, 9.17) is 10.4 Å². The summed E-state index contributed by atoms with van der Waals surface area (Å²) in [6, 6.07) is 29.5. The summed E-state index contributed by atoms with van der Waals surface area (Å²) < 4.78 is 0. The van der Waals surface area contributed by atoms with Crippen LogP contribution in [0.1, 0.15) is 11.3 Å². The molecule has 0 radical (unpaired) electrons. The van der Waals surface area contributed by atoms with E-state index in [0.29, 0.717) is 0 Å². The normalized spacial score (nSPS) is 15.4. The first-order chi connectivity index (χ1) is 17.6. The molecule has 2 aromatic carbocycles. The molecule has 6 heteroatoms. The molecule has 2 atom stereocenters. The van der Waals surface area contributed by atoms with E-state index < -0.39 is 11.9 Å².